The quantitative estimate of drug-likeness (QED) is 0.612. The Morgan fingerprint density at radius 2 is 1.79 bits per heavy atom. The van der Waals surface area contributed by atoms with Crippen LogP contribution in [0, 0.1) is 0 Å². The van der Waals surface area contributed by atoms with Crippen LogP contribution in [-0.2, 0) is 11.3 Å². The van der Waals surface area contributed by atoms with Crippen molar-refractivity contribution in [1.82, 2.24) is 9.80 Å². The maximum absolute atomic E-state index is 11.7. The molecule has 0 radical (unpaired) electrons. The van der Waals surface area contributed by atoms with Gasteiger partial charge < -0.3 is 15.0 Å². The first kappa shape index (κ1) is 20.3. The van der Waals surface area contributed by atoms with E-state index in [1.165, 1.54) is 5.56 Å². The van der Waals surface area contributed by atoms with Gasteiger partial charge in [0.2, 0.25) is 0 Å². The summed E-state index contributed by atoms with van der Waals surface area (Å²) in [5.74, 6) is -0.303. The number of ether oxygens (including phenoxy) is 1. The third-order valence-corrected chi connectivity index (χ3v) is 5.13. The lowest BCUT2D eigenvalue weighted by molar-refractivity contribution is 0.0526. The summed E-state index contributed by atoms with van der Waals surface area (Å²) in [6.45, 7) is 7.05. The summed E-state index contributed by atoms with van der Waals surface area (Å²) in [6, 6.07) is 17.8. The summed E-state index contributed by atoms with van der Waals surface area (Å²) in [7, 11) is 0. The van der Waals surface area contributed by atoms with Crippen LogP contribution in [0.1, 0.15) is 29.3 Å². The highest BCUT2D eigenvalue weighted by atomic mass is 32.1. The topological polar surface area (TPSA) is 44.8 Å². The molecule has 1 fully saturated rings. The van der Waals surface area contributed by atoms with Gasteiger partial charge in [-0.05, 0) is 55.4 Å². The van der Waals surface area contributed by atoms with E-state index in [9.17, 15) is 4.79 Å². The fourth-order valence-electron chi connectivity index (χ4n) is 3.28. The Morgan fingerprint density at radius 3 is 2.50 bits per heavy atom. The van der Waals surface area contributed by atoms with Crippen molar-refractivity contribution in [1.29, 1.82) is 0 Å². The van der Waals surface area contributed by atoms with Gasteiger partial charge in [0.15, 0.2) is 5.11 Å². The van der Waals surface area contributed by atoms with Gasteiger partial charge in [0.1, 0.15) is 0 Å². The van der Waals surface area contributed by atoms with E-state index in [1.807, 2.05) is 12.1 Å². The van der Waals surface area contributed by atoms with Crippen molar-refractivity contribution in [2.24, 2.45) is 0 Å². The van der Waals surface area contributed by atoms with Gasteiger partial charge in [-0.2, -0.15) is 0 Å². The minimum absolute atomic E-state index is 0.303. The molecule has 2 aromatic carbocycles. The van der Waals surface area contributed by atoms with Gasteiger partial charge in [-0.15, -0.1) is 0 Å². The normalized spacial score (nSPS) is 15.0. The summed E-state index contributed by atoms with van der Waals surface area (Å²) < 4.78 is 5.01. The van der Waals surface area contributed by atoms with Crippen molar-refractivity contribution in [3.63, 3.8) is 0 Å². The first-order valence-electron chi connectivity index (χ1n) is 9.75. The van der Waals surface area contributed by atoms with Crippen LogP contribution in [-0.4, -0.2) is 53.7 Å². The molecule has 0 spiro atoms. The minimum Gasteiger partial charge on any atom is -0.462 e. The molecule has 1 aliphatic rings. The molecule has 1 saturated heterocycles. The van der Waals surface area contributed by atoms with Crippen LogP contribution in [0.3, 0.4) is 0 Å². The van der Waals surface area contributed by atoms with Gasteiger partial charge in [-0.25, -0.2) is 4.79 Å². The standard InChI is InChI=1S/C22H27N3O2S/c1-2-27-21(26)19-9-11-20(12-10-19)23-22(28)25-14-6-13-24(15-16-25)17-18-7-4-3-5-8-18/h3-5,7-12H,2,6,13-17H2,1H3,(H,23,28). The van der Waals surface area contributed by atoms with Crippen LogP contribution in [0.4, 0.5) is 5.69 Å². The summed E-state index contributed by atoms with van der Waals surface area (Å²) in [5, 5.41) is 4.02. The van der Waals surface area contributed by atoms with Crippen LogP contribution < -0.4 is 5.32 Å². The summed E-state index contributed by atoms with van der Waals surface area (Å²) in [4.78, 5) is 16.4. The third-order valence-electron chi connectivity index (χ3n) is 4.77. The molecule has 0 atom stereocenters. The highest BCUT2D eigenvalue weighted by molar-refractivity contribution is 7.80. The molecule has 0 aliphatic carbocycles. The van der Waals surface area contributed by atoms with Crippen LogP contribution in [0.15, 0.2) is 54.6 Å². The van der Waals surface area contributed by atoms with Gasteiger partial charge >= 0.3 is 5.97 Å². The van der Waals surface area contributed by atoms with E-state index < -0.39 is 0 Å². The van der Waals surface area contributed by atoms with Crippen molar-refractivity contribution in [3.05, 3.63) is 65.7 Å². The number of thiocarbonyl (C=S) groups is 1. The fourth-order valence-corrected chi connectivity index (χ4v) is 3.58. The number of benzene rings is 2. The lowest BCUT2D eigenvalue weighted by Gasteiger charge is -2.24. The Labute approximate surface area is 172 Å². The molecule has 1 N–H and O–H groups in total. The molecule has 0 unspecified atom stereocenters. The molecule has 0 bridgehead atoms. The number of rotatable bonds is 5. The first-order valence-corrected chi connectivity index (χ1v) is 10.2. The summed E-state index contributed by atoms with van der Waals surface area (Å²) in [6.07, 6.45) is 1.08. The minimum atomic E-state index is -0.303. The number of carbonyl (C=O) groups is 1. The Bertz CT molecular complexity index is 780. The molecule has 1 aliphatic heterocycles. The highest BCUT2D eigenvalue weighted by Crippen LogP contribution is 2.14. The SMILES string of the molecule is CCOC(=O)c1ccc(NC(=S)N2CCCN(Cc3ccccc3)CC2)cc1. The van der Waals surface area contributed by atoms with Crippen molar-refractivity contribution in [2.45, 2.75) is 19.9 Å². The van der Waals surface area contributed by atoms with Crippen molar-refractivity contribution >= 4 is 29.0 Å². The number of esters is 1. The Hall–Kier alpha value is -2.44. The maximum Gasteiger partial charge on any atom is 0.338 e. The second-order valence-electron chi connectivity index (χ2n) is 6.83. The smallest absolute Gasteiger partial charge is 0.338 e. The number of anilines is 1. The van der Waals surface area contributed by atoms with E-state index in [4.69, 9.17) is 17.0 Å². The Kier molecular flexibility index (Phi) is 7.39. The molecule has 28 heavy (non-hydrogen) atoms. The van der Waals surface area contributed by atoms with E-state index in [1.54, 1.807) is 19.1 Å². The van der Waals surface area contributed by atoms with Crippen molar-refractivity contribution < 1.29 is 9.53 Å². The molecular formula is C22H27N3O2S. The van der Waals surface area contributed by atoms with E-state index >= 15 is 0 Å². The van der Waals surface area contributed by atoms with E-state index in [-0.39, 0.29) is 5.97 Å². The summed E-state index contributed by atoms with van der Waals surface area (Å²) in [5.41, 5.74) is 2.77. The Balaban J connectivity index is 1.51. The maximum atomic E-state index is 11.7. The fraction of sp³-hybridized carbons (Fsp3) is 0.364. The number of nitrogens with zero attached hydrogens (tertiary/aromatic N) is 2. The van der Waals surface area contributed by atoms with Gasteiger partial charge in [0, 0.05) is 38.4 Å². The lowest BCUT2D eigenvalue weighted by Crippen LogP contribution is -2.37. The van der Waals surface area contributed by atoms with Crippen molar-refractivity contribution in [2.75, 3.05) is 38.1 Å². The zero-order valence-corrected chi connectivity index (χ0v) is 17.1. The molecule has 2 aromatic rings. The molecule has 1 heterocycles. The largest absolute Gasteiger partial charge is 0.462 e. The van der Waals surface area contributed by atoms with Crippen LogP contribution in [0.2, 0.25) is 0 Å². The van der Waals surface area contributed by atoms with E-state index in [0.29, 0.717) is 12.2 Å². The van der Waals surface area contributed by atoms with Crippen LogP contribution >= 0.6 is 12.2 Å². The molecule has 0 amide bonds. The lowest BCUT2D eigenvalue weighted by atomic mass is 10.2. The van der Waals surface area contributed by atoms with Crippen LogP contribution in [0.25, 0.3) is 0 Å². The average molecular weight is 398 g/mol. The predicted octanol–water partition coefficient (Wildman–Crippen LogP) is 3.77. The molecule has 0 saturated carbocycles. The Morgan fingerprint density at radius 1 is 1.04 bits per heavy atom. The average Bonchev–Trinajstić information content (AvgIpc) is 2.95. The van der Waals surface area contributed by atoms with Crippen LogP contribution in [0.5, 0.6) is 0 Å². The predicted molar refractivity (Wildman–Crippen MR) is 117 cm³/mol. The second kappa shape index (κ2) is 10.2. The summed E-state index contributed by atoms with van der Waals surface area (Å²) >= 11 is 5.62. The zero-order chi connectivity index (χ0) is 19.8. The van der Waals surface area contributed by atoms with Gasteiger partial charge in [0.25, 0.3) is 0 Å². The number of hydrogen-bond donors (Lipinski definition) is 1. The number of hydrogen-bond acceptors (Lipinski definition) is 4. The van der Waals surface area contributed by atoms with Gasteiger partial charge in [0.05, 0.1) is 12.2 Å². The monoisotopic (exact) mass is 397 g/mol. The van der Waals surface area contributed by atoms with Gasteiger partial charge in [-0.1, -0.05) is 30.3 Å². The number of carbonyl (C=O) groups excluding carboxylic acids is 1. The molecule has 6 heteroatoms. The molecule has 3 rings (SSSR count). The molecule has 5 nitrogen and oxygen atoms in total. The van der Waals surface area contributed by atoms with E-state index in [2.05, 4.69) is 45.4 Å². The zero-order valence-electron chi connectivity index (χ0n) is 16.3. The molecule has 148 valence electrons. The number of nitrogens with one attached hydrogen (secondary N) is 1. The van der Waals surface area contributed by atoms with Gasteiger partial charge in [-0.3, -0.25) is 4.90 Å². The highest BCUT2D eigenvalue weighted by Gasteiger charge is 2.17. The molecule has 0 aromatic heterocycles. The van der Waals surface area contributed by atoms with E-state index in [0.717, 1.165) is 49.9 Å². The first-order chi connectivity index (χ1) is 13.7. The third kappa shape index (κ3) is 5.78. The van der Waals surface area contributed by atoms with Crippen molar-refractivity contribution in [3.8, 4) is 0 Å². The molecular weight excluding hydrogens is 370 g/mol. The second-order valence-corrected chi connectivity index (χ2v) is 7.22.